The molecule has 0 radical (unpaired) electrons. The lowest BCUT2D eigenvalue weighted by Crippen LogP contribution is -2.57. The summed E-state index contributed by atoms with van der Waals surface area (Å²) in [5.41, 5.74) is 1.10. The van der Waals surface area contributed by atoms with Gasteiger partial charge < -0.3 is 9.47 Å². The summed E-state index contributed by atoms with van der Waals surface area (Å²) in [4.78, 5) is 38.7. The third-order valence-corrected chi connectivity index (χ3v) is 5.60. The van der Waals surface area contributed by atoms with E-state index >= 15 is 0 Å². The number of ether oxygens (including phenoxy) is 2. The number of methoxy groups -OCH3 is 1. The lowest BCUT2D eigenvalue weighted by molar-refractivity contribution is -0.131. The first-order valence-electron chi connectivity index (χ1n) is 10.4. The maximum atomic E-state index is 13.4. The summed E-state index contributed by atoms with van der Waals surface area (Å²) >= 11 is 0. The molecule has 1 saturated carbocycles. The molecular formula is C24H23FN2O5. The molecule has 7 nitrogen and oxygen atoms in total. The number of hydrogen-bond donors (Lipinski definition) is 1. The Kier molecular flexibility index (Phi) is 6.20. The zero-order valence-corrected chi connectivity index (χ0v) is 17.6. The number of nitrogens with one attached hydrogen (secondary N) is 1. The fourth-order valence-electron chi connectivity index (χ4n) is 4.01. The highest BCUT2D eigenvalue weighted by molar-refractivity contribution is 6.31. The average Bonchev–Trinajstić information content (AvgIpc) is 3.29. The number of carbonyl (C=O) groups is 3. The van der Waals surface area contributed by atoms with Crippen molar-refractivity contribution in [2.24, 2.45) is 0 Å². The normalized spacial score (nSPS) is 18.2. The molecule has 1 N–H and O–H groups in total. The van der Waals surface area contributed by atoms with E-state index in [0.29, 0.717) is 22.6 Å². The molecule has 1 saturated heterocycles. The SMILES string of the molecule is COc1cc(/C=C2\C(=O)NC(=O)N(C3CCCC3)C2=O)ccc1OCc1cccc(F)c1. The van der Waals surface area contributed by atoms with Gasteiger partial charge in [0.05, 0.1) is 7.11 Å². The minimum Gasteiger partial charge on any atom is -0.493 e. The Hall–Kier alpha value is -3.68. The summed E-state index contributed by atoms with van der Waals surface area (Å²) in [5.74, 6) is -0.833. The fourth-order valence-corrected chi connectivity index (χ4v) is 4.01. The molecule has 4 amide bonds. The molecule has 2 fully saturated rings. The number of benzene rings is 2. The first-order valence-corrected chi connectivity index (χ1v) is 10.4. The maximum absolute atomic E-state index is 13.4. The molecule has 2 aromatic rings. The summed E-state index contributed by atoms with van der Waals surface area (Å²) in [6.07, 6.45) is 4.81. The van der Waals surface area contributed by atoms with Crippen molar-refractivity contribution in [3.63, 3.8) is 0 Å². The van der Waals surface area contributed by atoms with Gasteiger partial charge in [0, 0.05) is 6.04 Å². The quantitative estimate of drug-likeness (QED) is 0.548. The smallest absolute Gasteiger partial charge is 0.331 e. The van der Waals surface area contributed by atoms with Crippen molar-refractivity contribution in [2.75, 3.05) is 7.11 Å². The summed E-state index contributed by atoms with van der Waals surface area (Å²) < 4.78 is 24.5. The number of hydrogen-bond acceptors (Lipinski definition) is 5. The molecule has 4 rings (SSSR count). The van der Waals surface area contributed by atoms with E-state index in [4.69, 9.17) is 9.47 Å². The van der Waals surface area contributed by atoms with Crippen molar-refractivity contribution in [1.82, 2.24) is 10.2 Å². The predicted octanol–water partition coefficient (Wildman–Crippen LogP) is 3.82. The molecule has 1 aliphatic heterocycles. The number of nitrogens with zero attached hydrogens (tertiary/aromatic N) is 1. The molecule has 0 atom stereocenters. The number of amides is 4. The lowest BCUT2D eigenvalue weighted by atomic mass is 10.0. The molecule has 1 aliphatic carbocycles. The van der Waals surface area contributed by atoms with Gasteiger partial charge in [-0.05, 0) is 54.3 Å². The van der Waals surface area contributed by atoms with E-state index < -0.39 is 17.8 Å². The second kappa shape index (κ2) is 9.21. The van der Waals surface area contributed by atoms with Crippen LogP contribution in [0.4, 0.5) is 9.18 Å². The average molecular weight is 438 g/mol. The van der Waals surface area contributed by atoms with Crippen molar-refractivity contribution in [2.45, 2.75) is 38.3 Å². The van der Waals surface area contributed by atoms with Crippen LogP contribution in [0.15, 0.2) is 48.0 Å². The van der Waals surface area contributed by atoms with Crippen LogP contribution in [0.1, 0.15) is 36.8 Å². The van der Waals surface area contributed by atoms with Gasteiger partial charge in [-0.3, -0.25) is 19.8 Å². The van der Waals surface area contributed by atoms with Gasteiger partial charge in [0.25, 0.3) is 11.8 Å². The van der Waals surface area contributed by atoms with Gasteiger partial charge >= 0.3 is 6.03 Å². The second-order valence-corrected chi connectivity index (χ2v) is 7.76. The molecular weight excluding hydrogens is 415 g/mol. The third kappa shape index (κ3) is 4.49. The van der Waals surface area contributed by atoms with Crippen LogP contribution in [0.2, 0.25) is 0 Å². The Morgan fingerprint density at radius 1 is 1.09 bits per heavy atom. The summed E-state index contributed by atoms with van der Waals surface area (Å²) in [6.45, 7) is 0.147. The number of urea groups is 1. The standard InChI is InChI=1S/C24H23FN2O5/c1-31-21-13-15(9-10-20(21)32-14-16-5-4-6-17(25)11-16)12-19-22(28)26-24(30)27(23(19)29)18-7-2-3-8-18/h4-6,9-13,18H,2-3,7-8,14H2,1H3,(H,26,28,30)/b19-12+. The van der Waals surface area contributed by atoms with Gasteiger partial charge in [-0.2, -0.15) is 0 Å². The molecule has 2 aliphatic rings. The van der Waals surface area contributed by atoms with E-state index in [-0.39, 0.29) is 24.0 Å². The topological polar surface area (TPSA) is 84.9 Å². The molecule has 0 bridgehead atoms. The van der Waals surface area contributed by atoms with Crippen molar-refractivity contribution in [1.29, 1.82) is 0 Å². The Balaban J connectivity index is 1.55. The number of carbonyl (C=O) groups excluding carboxylic acids is 3. The van der Waals surface area contributed by atoms with E-state index in [1.807, 2.05) is 0 Å². The van der Waals surface area contributed by atoms with E-state index in [1.165, 1.54) is 25.3 Å². The van der Waals surface area contributed by atoms with Crippen LogP contribution < -0.4 is 14.8 Å². The van der Waals surface area contributed by atoms with Gasteiger partial charge in [0.2, 0.25) is 0 Å². The molecule has 8 heteroatoms. The van der Waals surface area contributed by atoms with Crippen molar-refractivity contribution < 1.29 is 28.2 Å². The van der Waals surface area contributed by atoms with Crippen LogP contribution in [0.5, 0.6) is 11.5 Å². The van der Waals surface area contributed by atoms with Crippen LogP contribution >= 0.6 is 0 Å². The molecule has 1 heterocycles. The zero-order valence-electron chi connectivity index (χ0n) is 17.6. The van der Waals surface area contributed by atoms with Gasteiger partial charge in [0.15, 0.2) is 11.5 Å². The lowest BCUT2D eigenvalue weighted by Gasteiger charge is -2.31. The van der Waals surface area contributed by atoms with Crippen molar-refractivity contribution in [3.8, 4) is 11.5 Å². The Morgan fingerprint density at radius 2 is 1.88 bits per heavy atom. The number of halogens is 1. The van der Waals surface area contributed by atoms with Crippen LogP contribution in [0, 0.1) is 5.82 Å². The van der Waals surface area contributed by atoms with E-state index in [9.17, 15) is 18.8 Å². The number of barbiturate groups is 1. The summed E-state index contributed by atoms with van der Waals surface area (Å²) in [6, 6.07) is 10.2. The minimum absolute atomic E-state index is 0.105. The maximum Gasteiger partial charge on any atom is 0.331 e. The fraction of sp³-hybridized carbons (Fsp3) is 0.292. The zero-order chi connectivity index (χ0) is 22.7. The van der Waals surface area contributed by atoms with Crippen LogP contribution in [-0.4, -0.2) is 35.9 Å². The monoisotopic (exact) mass is 438 g/mol. The third-order valence-electron chi connectivity index (χ3n) is 5.60. The number of rotatable bonds is 6. The van der Waals surface area contributed by atoms with Gasteiger partial charge in [0.1, 0.15) is 18.0 Å². The molecule has 32 heavy (non-hydrogen) atoms. The highest BCUT2D eigenvalue weighted by Crippen LogP contribution is 2.31. The molecule has 0 aromatic heterocycles. The first-order chi connectivity index (χ1) is 15.5. The van der Waals surface area contributed by atoms with Crippen molar-refractivity contribution >= 4 is 23.9 Å². The number of imide groups is 2. The first kappa shape index (κ1) is 21.5. The molecule has 0 unspecified atom stereocenters. The van der Waals surface area contributed by atoms with E-state index in [2.05, 4.69) is 5.32 Å². The Labute approximate surface area is 184 Å². The van der Waals surface area contributed by atoms with Gasteiger partial charge in [-0.25, -0.2) is 9.18 Å². The Bertz CT molecular complexity index is 1090. The molecule has 0 spiro atoms. The van der Waals surface area contributed by atoms with E-state index in [1.54, 1.807) is 30.3 Å². The van der Waals surface area contributed by atoms with Gasteiger partial charge in [-0.15, -0.1) is 0 Å². The van der Waals surface area contributed by atoms with E-state index in [0.717, 1.165) is 30.6 Å². The second-order valence-electron chi connectivity index (χ2n) is 7.76. The van der Waals surface area contributed by atoms with Crippen LogP contribution in [0.25, 0.3) is 6.08 Å². The summed E-state index contributed by atoms with van der Waals surface area (Å²) in [7, 11) is 1.47. The predicted molar refractivity (Wildman–Crippen MR) is 114 cm³/mol. The highest BCUT2D eigenvalue weighted by Gasteiger charge is 2.40. The van der Waals surface area contributed by atoms with Crippen LogP contribution in [-0.2, 0) is 16.2 Å². The van der Waals surface area contributed by atoms with Crippen molar-refractivity contribution in [3.05, 3.63) is 65.0 Å². The minimum atomic E-state index is -0.723. The van der Waals surface area contributed by atoms with Crippen LogP contribution in [0.3, 0.4) is 0 Å². The van der Waals surface area contributed by atoms with Gasteiger partial charge in [-0.1, -0.05) is 31.0 Å². The summed E-state index contributed by atoms with van der Waals surface area (Å²) in [5, 5.41) is 2.26. The molecule has 2 aromatic carbocycles. The Morgan fingerprint density at radius 3 is 2.59 bits per heavy atom. The largest absolute Gasteiger partial charge is 0.493 e. The highest BCUT2D eigenvalue weighted by atomic mass is 19.1. The molecule has 166 valence electrons.